The lowest BCUT2D eigenvalue weighted by molar-refractivity contribution is 0.146. The Morgan fingerprint density at radius 1 is 1.18 bits per heavy atom. The number of aryl methyl sites for hydroxylation is 1. The van der Waals surface area contributed by atoms with Crippen molar-refractivity contribution >= 4 is 0 Å². The summed E-state index contributed by atoms with van der Waals surface area (Å²) < 4.78 is 0. The maximum atomic E-state index is 3.45. The average Bonchev–Trinajstić information content (AvgIpc) is 2.35. The van der Waals surface area contributed by atoms with Gasteiger partial charge in [-0.3, -0.25) is 4.90 Å². The number of hydrogen-bond acceptors (Lipinski definition) is 2. The van der Waals surface area contributed by atoms with Crippen molar-refractivity contribution in [2.24, 2.45) is 0 Å². The normalized spacial score (nSPS) is 20.4. The van der Waals surface area contributed by atoms with E-state index in [2.05, 4.69) is 55.4 Å². The average molecular weight is 232 g/mol. The van der Waals surface area contributed by atoms with E-state index in [1.807, 2.05) is 0 Å². The number of benzene rings is 1. The van der Waals surface area contributed by atoms with E-state index in [0.717, 1.165) is 6.54 Å². The van der Waals surface area contributed by atoms with Gasteiger partial charge in [0, 0.05) is 25.2 Å². The number of hydrogen-bond donors (Lipinski definition) is 1. The summed E-state index contributed by atoms with van der Waals surface area (Å²) in [5.41, 5.74) is 3.13. The van der Waals surface area contributed by atoms with Crippen LogP contribution in [0.2, 0.25) is 0 Å². The van der Waals surface area contributed by atoms with Gasteiger partial charge in [0.2, 0.25) is 0 Å². The van der Waals surface area contributed by atoms with E-state index in [1.165, 1.54) is 37.1 Å². The summed E-state index contributed by atoms with van der Waals surface area (Å²) in [4.78, 5) is 2.56. The minimum absolute atomic E-state index is 0.351. The predicted molar refractivity (Wildman–Crippen MR) is 73.2 cm³/mol. The topological polar surface area (TPSA) is 15.3 Å². The van der Waals surface area contributed by atoms with Crippen molar-refractivity contribution in [2.45, 2.75) is 38.8 Å². The maximum Gasteiger partial charge on any atom is 0.0233 e. The standard InChI is InChI=1S/C15H24N2/c1-13-4-6-14(7-5-13)12-17-10-8-15(2,16-3)9-11-17/h4-7,16H,8-12H2,1-3H3. The third kappa shape index (κ3) is 3.30. The molecular weight excluding hydrogens is 208 g/mol. The molecule has 1 aromatic carbocycles. The van der Waals surface area contributed by atoms with E-state index in [9.17, 15) is 0 Å². The van der Waals surface area contributed by atoms with E-state index in [4.69, 9.17) is 0 Å². The van der Waals surface area contributed by atoms with Crippen molar-refractivity contribution in [3.63, 3.8) is 0 Å². The first-order valence-electron chi connectivity index (χ1n) is 6.58. The summed E-state index contributed by atoms with van der Waals surface area (Å²) in [6.07, 6.45) is 2.49. The molecule has 0 bridgehead atoms. The summed E-state index contributed by atoms with van der Waals surface area (Å²) in [5, 5.41) is 3.45. The summed E-state index contributed by atoms with van der Waals surface area (Å²) >= 11 is 0. The Morgan fingerprint density at radius 3 is 2.29 bits per heavy atom. The largest absolute Gasteiger partial charge is 0.314 e. The Balaban J connectivity index is 1.88. The lowest BCUT2D eigenvalue weighted by Crippen LogP contribution is -2.49. The molecule has 0 aromatic heterocycles. The van der Waals surface area contributed by atoms with Crippen LogP contribution in [0.3, 0.4) is 0 Å². The quantitative estimate of drug-likeness (QED) is 0.861. The molecule has 2 rings (SSSR count). The highest BCUT2D eigenvalue weighted by Crippen LogP contribution is 2.22. The Kier molecular flexibility index (Phi) is 3.85. The number of piperidine rings is 1. The summed E-state index contributed by atoms with van der Waals surface area (Å²) in [7, 11) is 2.08. The van der Waals surface area contributed by atoms with Gasteiger partial charge in [-0.15, -0.1) is 0 Å². The molecule has 1 aliphatic rings. The van der Waals surface area contributed by atoms with Crippen molar-refractivity contribution in [1.82, 2.24) is 10.2 Å². The lowest BCUT2D eigenvalue weighted by Gasteiger charge is -2.39. The van der Waals surface area contributed by atoms with E-state index < -0.39 is 0 Å². The molecule has 1 aliphatic heterocycles. The van der Waals surface area contributed by atoms with Crippen LogP contribution >= 0.6 is 0 Å². The van der Waals surface area contributed by atoms with Gasteiger partial charge in [0.25, 0.3) is 0 Å². The smallest absolute Gasteiger partial charge is 0.0233 e. The first-order chi connectivity index (χ1) is 8.11. The predicted octanol–water partition coefficient (Wildman–Crippen LogP) is 2.57. The fraction of sp³-hybridized carbons (Fsp3) is 0.600. The van der Waals surface area contributed by atoms with E-state index in [1.54, 1.807) is 0 Å². The number of rotatable bonds is 3. The molecule has 0 aliphatic carbocycles. The second-order valence-corrected chi connectivity index (χ2v) is 5.57. The summed E-state index contributed by atoms with van der Waals surface area (Å²) in [6, 6.07) is 8.91. The van der Waals surface area contributed by atoms with Crippen LogP contribution in [0.1, 0.15) is 30.9 Å². The van der Waals surface area contributed by atoms with Crippen LogP contribution in [0.25, 0.3) is 0 Å². The molecule has 17 heavy (non-hydrogen) atoms. The molecule has 1 N–H and O–H groups in total. The Labute approximate surface area is 105 Å². The van der Waals surface area contributed by atoms with Crippen LogP contribution in [-0.4, -0.2) is 30.6 Å². The second-order valence-electron chi connectivity index (χ2n) is 5.57. The molecule has 0 amide bonds. The highest BCUT2D eigenvalue weighted by atomic mass is 15.1. The third-order valence-electron chi connectivity index (χ3n) is 4.09. The minimum Gasteiger partial charge on any atom is -0.314 e. The van der Waals surface area contributed by atoms with Gasteiger partial charge < -0.3 is 5.32 Å². The van der Waals surface area contributed by atoms with Gasteiger partial charge in [-0.05, 0) is 39.3 Å². The van der Waals surface area contributed by atoms with Crippen molar-refractivity contribution in [2.75, 3.05) is 20.1 Å². The molecule has 1 fully saturated rings. The molecular formula is C15H24N2. The van der Waals surface area contributed by atoms with Gasteiger partial charge in [0.15, 0.2) is 0 Å². The Hall–Kier alpha value is -0.860. The maximum absolute atomic E-state index is 3.45. The molecule has 0 unspecified atom stereocenters. The fourth-order valence-corrected chi connectivity index (χ4v) is 2.41. The van der Waals surface area contributed by atoms with Crippen LogP contribution in [0.15, 0.2) is 24.3 Å². The van der Waals surface area contributed by atoms with Gasteiger partial charge in [-0.1, -0.05) is 29.8 Å². The highest BCUT2D eigenvalue weighted by Gasteiger charge is 2.27. The first-order valence-corrected chi connectivity index (χ1v) is 6.58. The second kappa shape index (κ2) is 5.19. The van der Waals surface area contributed by atoms with Gasteiger partial charge >= 0.3 is 0 Å². The molecule has 2 nitrogen and oxygen atoms in total. The number of likely N-dealkylation sites (tertiary alicyclic amines) is 1. The molecule has 1 heterocycles. The van der Waals surface area contributed by atoms with Crippen LogP contribution in [-0.2, 0) is 6.54 Å². The SMILES string of the molecule is CNC1(C)CCN(Cc2ccc(C)cc2)CC1. The Bertz CT molecular complexity index is 348. The first kappa shape index (κ1) is 12.6. The molecule has 94 valence electrons. The van der Waals surface area contributed by atoms with Gasteiger partial charge in [0.1, 0.15) is 0 Å². The fourth-order valence-electron chi connectivity index (χ4n) is 2.41. The van der Waals surface area contributed by atoms with Crippen LogP contribution in [0.4, 0.5) is 0 Å². The third-order valence-corrected chi connectivity index (χ3v) is 4.09. The van der Waals surface area contributed by atoms with Crippen molar-refractivity contribution in [1.29, 1.82) is 0 Å². The minimum atomic E-state index is 0.351. The molecule has 0 atom stereocenters. The summed E-state index contributed by atoms with van der Waals surface area (Å²) in [5.74, 6) is 0. The Morgan fingerprint density at radius 2 is 1.76 bits per heavy atom. The molecule has 1 saturated heterocycles. The zero-order chi connectivity index (χ0) is 12.3. The zero-order valence-corrected chi connectivity index (χ0v) is 11.3. The molecule has 1 aromatic rings. The van der Waals surface area contributed by atoms with Crippen LogP contribution in [0.5, 0.6) is 0 Å². The van der Waals surface area contributed by atoms with E-state index >= 15 is 0 Å². The molecule has 0 spiro atoms. The van der Waals surface area contributed by atoms with E-state index in [-0.39, 0.29) is 0 Å². The zero-order valence-electron chi connectivity index (χ0n) is 11.3. The van der Waals surface area contributed by atoms with E-state index in [0.29, 0.717) is 5.54 Å². The monoisotopic (exact) mass is 232 g/mol. The molecule has 0 radical (unpaired) electrons. The molecule has 2 heteroatoms. The van der Waals surface area contributed by atoms with Gasteiger partial charge in [0.05, 0.1) is 0 Å². The summed E-state index contributed by atoms with van der Waals surface area (Å²) in [6.45, 7) is 7.97. The lowest BCUT2D eigenvalue weighted by atomic mass is 9.90. The van der Waals surface area contributed by atoms with Crippen LogP contribution in [0, 0.1) is 6.92 Å². The van der Waals surface area contributed by atoms with Crippen molar-refractivity contribution in [3.05, 3.63) is 35.4 Å². The van der Waals surface area contributed by atoms with Gasteiger partial charge in [-0.25, -0.2) is 0 Å². The van der Waals surface area contributed by atoms with Crippen molar-refractivity contribution < 1.29 is 0 Å². The number of nitrogens with one attached hydrogen (secondary N) is 1. The van der Waals surface area contributed by atoms with Crippen LogP contribution < -0.4 is 5.32 Å². The highest BCUT2D eigenvalue weighted by molar-refractivity contribution is 5.21. The van der Waals surface area contributed by atoms with Crippen molar-refractivity contribution in [3.8, 4) is 0 Å². The molecule has 0 saturated carbocycles. The van der Waals surface area contributed by atoms with Gasteiger partial charge in [-0.2, -0.15) is 0 Å². The number of nitrogens with zero attached hydrogens (tertiary/aromatic N) is 1.